The van der Waals surface area contributed by atoms with Gasteiger partial charge in [-0.1, -0.05) is 37.1 Å². The molecule has 0 aromatic heterocycles. The number of hydrogen-bond donors (Lipinski definition) is 2. The second-order valence-corrected chi connectivity index (χ2v) is 7.04. The van der Waals surface area contributed by atoms with Crippen LogP contribution in [0.1, 0.15) is 36.8 Å². The van der Waals surface area contributed by atoms with Crippen molar-refractivity contribution in [1.29, 1.82) is 0 Å². The van der Waals surface area contributed by atoms with E-state index in [1.165, 1.54) is 12.8 Å². The van der Waals surface area contributed by atoms with E-state index in [0.29, 0.717) is 18.0 Å². The van der Waals surface area contributed by atoms with Gasteiger partial charge in [0.05, 0.1) is 12.4 Å². The van der Waals surface area contributed by atoms with Crippen molar-refractivity contribution in [3.05, 3.63) is 35.4 Å². The third-order valence-electron chi connectivity index (χ3n) is 3.60. The van der Waals surface area contributed by atoms with E-state index in [2.05, 4.69) is 4.72 Å². The molecule has 1 aliphatic carbocycles. The molecule has 0 spiro atoms. The molecule has 1 saturated carbocycles. The maximum absolute atomic E-state index is 12.0. The van der Waals surface area contributed by atoms with Crippen LogP contribution in [0.5, 0.6) is 0 Å². The number of rotatable bonds is 6. The first-order chi connectivity index (χ1) is 9.09. The van der Waals surface area contributed by atoms with Gasteiger partial charge in [-0.05, 0) is 29.9 Å². The van der Waals surface area contributed by atoms with Crippen LogP contribution >= 0.6 is 0 Å². The van der Waals surface area contributed by atoms with E-state index in [-0.39, 0.29) is 12.4 Å². The summed E-state index contributed by atoms with van der Waals surface area (Å²) in [4.78, 5) is 0. The Hall–Kier alpha value is -0.910. The molecule has 4 nitrogen and oxygen atoms in total. The van der Waals surface area contributed by atoms with Crippen molar-refractivity contribution < 1.29 is 13.5 Å². The van der Waals surface area contributed by atoms with Crippen LogP contribution in [0.2, 0.25) is 0 Å². The van der Waals surface area contributed by atoms with Gasteiger partial charge in [-0.25, -0.2) is 13.1 Å². The monoisotopic (exact) mass is 283 g/mol. The maximum Gasteiger partial charge on any atom is 0.215 e. The molecule has 19 heavy (non-hydrogen) atoms. The van der Waals surface area contributed by atoms with Crippen molar-refractivity contribution in [3.8, 4) is 0 Å². The summed E-state index contributed by atoms with van der Waals surface area (Å²) in [6.07, 6.45) is 4.68. The largest absolute Gasteiger partial charge is 0.392 e. The van der Waals surface area contributed by atoms with E-state index < -0.39 is 10.0 Å². The Morgan fingerprint density at radius 2 is 1.89 bits per heavy atom. The summed E-state index contributed by atoms with van der Waals surface area (Å²) in [5, 5.41) is 9.04. The molecule has 0 heterocycles. The molecule has 1 aliphatic rings. The zero-order valence-corrected chi connectivity index (χ0v) is 11.8. The average Bonchev–Trinajstić information content (AvgIpc) is 2.89. The van der Waals surface area contributed by atoms with E-state index >= 15 is 0 Å². The summed E-state index contributed by atoms with van der Waals surface area (Å²) in [6, 6.07) is 7.05. The summed E-state index contributed by atoms with van der Waals surface area (Å²) >= 11 is 0. The zero-order chi connectivity index (χ0) is 13.7. The van der Waals surface area contributed by atoms with Gasteiger partial charge in [0, 0.05) is 6.54 Å². The molecule has 0 saturated heterocycles. The van der Waals surface area contributed by atoms with Gasteiger partial charge in [-0.15, -0.1) is 0 Å². The minimum atomic E-state index is -3.28. The van der Waals surface area contributed by atoms with Crippen molar-refractivity contribution in [2.24, 2.45) is 5.92 Å². The lowest BCUT2D eigenvalue weighted by atomic mass is 10.1. The molecule has 1 fully saturated rings. The highest BCUT2D eigenvalue weighted by Gasteiger charge is 2.18. The number of sulfonamides is 1. The Kier molecular flexibility index (Phi) is 4.96. The third-order valence-corrected chi connectivity index (χ3v) is 4.92. The van der Waals surface area contributed by atoms with Crippen molar-refractivity contribution in [2.45, 2.75) is 38.0 Å². The SMILES string of the molecule is O=S(=O)(Cc1cccc(CO)c1)NCC1CCCC1. The summed E-state index contributed by atoms with van der Waals surface area (Å²) in [6.45, 7) is 0.491. The van der Waals surface area contributed by atoms with Gasteiger partial charge < -0.3 is 5.11 Å². The molecule has 1 aromatic carbocycles. The Balaban J connectivity index is 1.91. The first kappa shape index (κ1) is 14.5. The lowest BCUT2D eigenvalue weighted by Gasteiger charge is -2.11. The van der Waals surface area contributed by atoms with Crippen molar-refractivity contribution >= 4 is 10.0 Å². The van der Waals surface area contributed by atoms with Gasteiger partial charge in [0.2, 0.25) is 10.0 Å². The molecular formula is C14H21NO3S. The minimum Gasteiger partial charge on any atom is -0.392 e. The molecule has 0 radical (unpaired) electrons. The summed E-state index contributed by atoms with van der Waals surface area (Å²) in [5.74, 6) is 0.478. The molecule has 0 bridgehead atoms. The topological polar surface area (TPSA) is 66.4 Å². The van der Waals surface area contributed by atoms with E-state index in [4.69, 9.17) is 5.11 Å². The lowest BCUT2D eigenvalue weighted by Crippen LogP contribution is -2.29. The smallest absolute Gasteiger partial charge is 0.215 e. The molecule has 2 N–H and O–H groups in total. The van der Waals surface area contributed by atoms with Crippen LogP contribution in [0, 0.1) is 5.92 Å². The second kappa shape index (κ2) is 6.50. The normalized spacial score (nSPS) is 16.9. The third kappa shape index (κ3) is 4.60. The Morgan fingerprint density at radius 1 is 1.21 bits per heavy atom. The van der Waals surface area contributed by atoms with Gasteiger partial charge in [0.25, 0.3) is 0 Å². The summed E-state index contributed by atoms with van der Waals surface area (Å²) < 4.78 is 26.7. The molecular weight excluding hydrogens is 262 g/mol. The molecule has 0 atom stereocenters. The zero-order valence-electron chi connectivity index (χ0n) is 11.0. The highest BCUT2D eigenvalue weighted by molar-refractivity contribution is 7.88. The molecule has 0 amide bonds. The predicted octanol–water partition coefficient (Wildman–Crippen LogP) is 1.79. The fraction of sp³-hybridized carbons (Fsp3) is 0.571. The van der Waals surface area contributed by atoms with Gasteiger partial charge in [0.1, 0.15) is 0 Å². The Bertz CT molecular complexity index is 507. The fourth-order valence-electron chi connectivity index (χ4n) is 2.55. The van der Waals surface area contributed by atoms with E-state index in [9.17, 15) is 8.42 Å². The van der Waals surface area contributed by atoms with Gasteiger partial charge in [-0.2, -0.15) is 0 Å². The van der Waals surface area contributed by atoms with Crippen molar-refractivity contribution in [1.82, 2.24) is 4.72 Å². The lowest BCUT2D eigenvalue weighted by molar-refractivity contribution is 0.282. The van der Waals surface area contributed by atoms with Crippen LogP contribution in [-0.2, 0) is 22.4 Å². The molecule has 1 aromatic rings. The molecule has 2 rings (SSSR count). The van der Waals surface area contributed by atoms with E-state index in [1.54, 1.807) is 24.3 Å². The molecule has 0 unspecified atom stereocenters. The first-order valence-electron chi connectivity index (χ1n) is 6.75. The number of hydrogen-bond acceptors (Lipinski definition) is 3. The molecule has 5 heteroatoms. The summed E-state index contributed by atoms with van der Waals surface area (Å²) in [5.41, 5.74) is 1.45. The van der Waals surface area contributed by atoms with Gasteiger partial charge >= 0.3 is 0 Å². The van der Waals surface area contributed by atoms with Crippen LogP contribution in [0.3, 0.4) is 0 Å². The fourth-order valence-corrected chi connectivity index (χ4v) is 3.76. The van der Waals surface area contributed by atoms with Crippen LogP contribution in [-0.4, -0.2) is 20.1 Å². The van der Waals surface area contributed by atoms with Crippen LogP contribution < -0.4 is 4.72 Å². The van der Waals surface area contributed by atoms with Gasteiger partial charge in [-0.3, -0.25) is 0 Å². The van der Waals surface area contributed by atoms with Gasteiger partial charge in [0.15, 0.2) is 0 Å². The minimum absolute atomic E-state index is 0.0203. The molecule has 0 aliphatic heterocycles. The first-order valence-corrected chi connectivity index (χ1v) is 8.40. The van der Waals surface area contributed by atoms with E-state index in [1.807, 2.05) is 0 Å². The second-order valence-electron chi connectivity index (χ2n) is 5.24. The van der Waals surface area contributed by atoms with Crippen LogP contribution in [0.4, 0.5) is 0 Å². The average molecular weight is 283 g/mol. The standard InChI is InChI=1S/C14H21NO3S/c16-10-13-6-3-7-14(8-13)11-19(17,18)15-9-12-4-1-2-5-12/h3,6-8,12,15-16H,1-2,4-5,9-11H2. The highest BCUT2D eigenvalue weighted by atomic mass is 32.2. The van der Waals surface area contributed by atoms with Crippen LogP contribution in [0.25, 0.3) is 0 Å². The Labute approximate surface area is 114 Å². The summed E-state index contributed by atoms with van der Waals surface area (Å²) in [7, 11) is -3.28. The molecule has 106 valence electrons. The quantitative estimate of drug-likeness (QED) is 0.836. The Morgan fingerprint density at radius 3 is 2.58 bits per heavy atom. The number of benzene rings is 1. The number of aliphatic hydroxyl groups is 1. The number of nitrogens with one attached hydrogen (secondary N) is 1. The predicted molar refractivity (Wildman–Crippen MR) is 74.9 cm³/mol. The van der Waals surface area contributed by atoms with Crippen molar-refractivity contribution in [2.75, 3.05) is 6.54 Å². The van der Waals surface area contributed by atoms with Crippen LogP contribution in [0.15, 0.2) is 24.3 Å². The number of aliphatic hydroxyl groups excluding tert-OH is 1. The van der Waals surface area contributed by atoms with Crippen molar-refractivity contribution in [3.63, 3.8) is 0 Å². The van der Waals surface area contributed by atoms with E-state index in [0.717, 1.165) is 18.4 Å². The highest BCUT2D eigenvalue weighted by Crippen LogP contribution is 2.24. The maximum atomic E-state index is 12.0.